The maximum absolute atomic E-state index is 14.3. The lowest BCUT2D eigenvalue weighted by Crippen LogP contribution is -2.76. The first-order chi connectivity index (χ1) is 19.8. The minimum atomic E-state index is -2.11. The van der Waals surface area contributed by atoms with Crippen LogP contribution >= 0.6 is 0 Å². The van der Waals surface area contributed by atoms with Gasteiger partial charge in [-0.05, 0) is 84.3 Å². The van der Waals surface area contributed by atoms with Gasteiger partial charge in [0.25, 0.3) is 0 Å². The second-order valence-corrected chi connectivity index (χ2v) is 14.8. The number of rotatable bonds is 5. The van der Waals surface area contributed by atoms with Crippen LogP contribution < -0.4 is 5.32 Å². The Bertz CT molecular complexity index is 1080. The highest BCUT2D eigenvalue weighted by Crippen LogP contribution is 2.61. The number of carbonyl (C=O) groups is 1. The molecule has 1 aliphatic heterocycles. The quantitative estimate of drug-likeness (QED) is 0.230. The lowest BCUT2D eigenvalue weighted by molar-refractivity contribution is -0.303. The van der Waals surface area contributed by atoms with Gasteiger partial charge in [-0.15, -0.1) is 0 Å². The number of hydrogen-bond acceptors (Lipinski definition) is 11. The fourth-order valence-electron chi connectivity index (χ4n) is 10.00. The standard InChI is InChI=1S/C31H50N2O9/c1-14(34)23-20(35)11-30(2)10-16-8-17-19(33(3)4)9-18(32-12-15-5-6-21-22(7-15)42-13-41-21)26(36)25(17)27(37)24(16)29(39)31(30,40)28(23)38/h14-24,28-29,32,34-36,38-40H,5-13H2,1-4H3/t14?,15?,16-,17?,18?,19?,20?,21?,22?,23?,24?,28?,29?,30-,31+/m0/s1. The van der Waals surface area contributed by atoms with E-state index in [1.807, 2.05) is 14.1 Å². The molecule has 0 aromatic rings. The number of nitrogens with zero attached hydrogens (tertiary/aromatic N) is 1. The van der Waals surface area contributed by atoms with Crippen molar-refractivity contribution in [2.24, 2.45) is 35.0 Å². The molecule has 4 saturated carbocycles. The van der Waals surface area contributed by atoms with Crippen LogP contribution in [0.4, 0.5) is 0 Å². The molecule has 42 heavy (non-hydrogen) atoms. The number of aliphatic hydroxyl groups excluding tert-OH is 5. The van der Waals surface area contributed by atoms with Gasteiger partial charge < -0.3 is 50.3 Å². The van der Waals surface area contributed by atoms with E-state index in [0.717, 1.165) is 19.3 Å². The molecule has 11 heteroatoms. The monoisotopic (exact) mass is 594 g/mol. The van der Waals surface area contributed by atoms with Crippen LogP contribution in [-0.2, 0) is 14.3 Å². The Morgan fingerprint density at radius 3 is 2.45 bits per heavy atom. The van der Waals surface area contributed by atoms with E-state index in [1.54, 1.807) is 6.92 Å². The molecule has 0 aromatic heterocycles. The van der Waals surface area contributed by atoms with Gasteiger partial charge in [-0.3, -0.25) is 4.79 Å². The zero-order valence-corrected chi connectivity index (χ0v) is 25.2. The van der Waals surface area contributed by atoms with E-state index < -0.39 is 53.3 Å². The fraction of sp³-hybridized carbons (Fsp3) is 0.903. The number of ketones is 1. The highest BCUT2D eigenvalue weighted by Gasteiger charge is 2.70. The minimum absolute atomic E-state index is 0.0182. The number of aliphatic hydroxyl groups is 6. The van der Waals surface area contributed by atoms with Crippen molar-refractivity contribution in [2.45, 2.75) is 113 Å². The van der Waals surface area contributed by atoms with Crippen molar-refractivity contribution in [3.05, 3.63) is 11.3 Å². The topological polar surface area (TPSA) is 172 Å². The summed E-state index contributed by atoms with van der Waals surface area (Å²) in [6.07, 6.45) is -0.738. The highest BCUT2D eigenvalue weighted by molar-refractivity contribution is 6.00. The lowest BCUT2D eigenvalue weighted by atomic mass is 9.45. The zero-order valence-electron chi connectivity index (χ0n) is 25.2. The molecule has 6 aliphatic rings. The lowest BCUT2D eigenvalue weighted by Gasteiger charge is -2.64. The van der Waals surface area contributed by atoms with Gasteiger partial charge in [-0.25, -0.2) is 0 Å². The Labute approximate surface area is 247 Å². The molecule has 0 radical (unpaired) electrons. The van der Waals surface area contributed by atoms with E-state index in [4.69, 9.17) is 9.47 Å². The van der Waals surface area contributed by atoms with E-state index in [0.29, 0.717) is 44.1 Å². The maximum Gasteiger partial charge on any atom is 0.168 e. The van der Waals surface area contributed by atoms with Crippen LogP contribution in [0.25, 0.3) is 0 Å². The van der Waals surface area contributed by atoms with Crippen molar-refractivity contribution in [3.63, 3.8) is 0 Å². The Balaban J connectivity index is 1.28. The average Bonchev–Trinajstić information content (AvgIpc) is 3.38. The molecule has 15 atom stereocenters. The Morgan fingerprint density at radius 1 is 1.05 bits per heavy atom. The van der Waals surface area contributed by atoms with Gasteiger partial charge in [0, 0.05) is 28.9 Å². The van der Waals surface area contributed by atoms with Crippen molar-refractivity contribution in [1.82, 2.24) is 10.2 Å². The van der Waals surface area contributed by atoms with Gasteiger partial charge in [0.05, 0.1) is 48.6 Å². The first-order valence-corrected chi connectivity index (χ1v) is 15.8. The minimum Gasteiger partial charge on any atom is -0.510 e. The highest BCUT2D eigenvalue weighted by atomic mass is 16.7. The molecule has 0 bridgehead atoms. The van der Waals surface area contributed by atoms with Gasteiger partial charge in [-0.1, -0.05) is 6.92 Å². The third-order valence-electron chi connectivity index (χ3n) is 12.2. The summed E-state index contributed by atoms with van der Waals surface area (Å²) in [5.41, 5.74) is -2.86. The molecule has 238 valence electrons. The van der Waals surface area contributed by atoms with Gasteiger partial charge in [0.1, 0.15) is 18.2 Å². The normalized spacial score (nSPS) is 51.5. The summed E-state index contributed by atoms with van der Waals surface area (Å²) >= 11 is 0. The molecular formula is C31H50N2O9. The first-order valence-electron chi connectivity index (χ1n) is 15.8. The van der Waals surface area contributed by atoms with E-state index in [9.17, 15) is 35.4 Å². The smallest absolute Gasteiger partial charge is 0.168 e. The number of nitrogens with one attached hydrogen (secondary N) is 1. The molecule has 7 N–H and O–H groups in total. The van der Waals surface area contributed by atoms with Crippen molar-refractivity contribution >= 4 is 5.78 Å². The Kier molecular flexibility index (Phi) is 8.10. The Hall–Kier alpha value is -1.15. The Morgan fingerprint density at radius 2 is 1.76 bits per heavy atom. The molecule has 1 saturated heterocycles. The molecular weight excluding hydrogens is 544 g/mol. The predicted octanol–water partition coefficient (Wildman–Crippen LogP) is 0.0781. The number of hydrogen-bond donors (Lipinski definition) is 7. The van der Waals surface area contributed by atoms with Crippen LogP contribution in [0.2, 0.25) is 0 Å². The first kappa shape index (κ1) is 30.9. The van der Waals surface area contributed by atoms with Gasteiger partial charge in [0.2, 0.25) is 0 Å². The summed E-state index contributed by atoms with van der Waals surface area (Å²) in [5, 5.41) is 71.5. The largest absolute Gasteiger partial charge is 0.510 e. The third-order valence-corrected chi connectivity index (χ3v) is 12.2. The number of Topliss-reactive ketones (excluding diaryl/α,β-unsaturated/α-hetero) is 1. The summed E-state index contributed by atoms with van der Waals surface area (Å²) in [6, 6.07) is -0.444. The molecule has 5 aliphatic carbocycles. The van der Waals surface area contributed by atoms with E-state index in [2.05, 4.69) is 10.2 Å². The van der Waals surface area contributed by atoms with Crippen LogP contribution in [0.5, 0.6) is 0 Å². The van der Waals surface area contributed by atoms with Crippen LogP contribution in [0.3, 0.4) is 0 Å². The number of fused-ring (bicyclic) bond motifs is 4. The van der Waals surface area contributed by atoms with Crippen LogP contribution in [0.15, 0.2) is 11.3 Å². The zero-order chi connectivity index (χ0) is 30.3. The molecule has 5 fully saturated rings. The third kappa shape index (κ3) is 4.61. The SMILES string of the molecule is CC(O)C1C(O)C[C@]2(C)C[C@@H]3CC4C(=C(O)C(NCC5CCC6OCOC6C5)CC4N(C)C)C(=O)C3C(O)[C@]2(O)C1O. The van der Waals surface area contributed by atoms with Gasteiger partial charge in [0.15, 0.2) is 5.78 Å². The molecule has 6 rings (SSSR count). The summed E-state index contributed by atoms with van der Waals surface area (Å²) in [5.74, 6) is -2.60. The van der Waals surface area contributed by atoms with E-state index in [1.165, 1.54) is 6.92 Å². The van der Waals surface area contributed by atoms with E-state index >= 15 is 0 Å². The summed E-state index contributed by atoms with van der Waals surface area (Å²) in [6.45, 7) is 4.22. The predicted molar refractivity (Wildman–Crippen MR) is 151 cm³/mol. The average molecular weight is 595 g/mol. The maximum atomic E-state index is 14.3. The fourth-order valence-corrected chi connectivity index (χ4v) is 10.00. The van der Waals surface area contributed by atoms with Crippen molar-refractivity contribution < 1.29 is 44.9 Å². The molecule has 12 unspecified atom stereocenters. The van der Waals surface area contributed by atoms with Gasteiger partial charge in [-0.2, -0.15) is 0 Å². The van der Waals surface area contributed by atoms with Crippen LogP contribution in [0, 0.1) is 35.0 Å². The van der Waals surface area contributed by atoms with Crippen molar-refractivity contribution in [3.8, 4) is 0 Å². The molecule has 1 heterocycles. The van der Waals surface area contributed by atoms with Crippen LogP contribution in [-0.4, -0.2) is 123 Å². The summed E-state index contributed by atoms with van der Waals surface area (Å²) < 4.78 is 11.4. The van der Waals surface area contributed by atoms with E-state index in [-0.39, 0.29) is 48.0 Å². The molecule has 0 amide bonds. The molecule has 0 aromatic carbocycles. The summed E-state index contributed by atoms with van der Waals surface area (Å²) in [4.78, 5) is 16.4. The second kappa shape index (κ2) is 11.0. The number of carbonyl (C=O) groups excluding carboxylic acids is 1. The van der Waals surface area contributed by atoms with Gasteiger partial charge >= 0.3 is 0 Å². The second-order valence-electron chi connectivity index (χ2n) is 14.8. The van der Waals surface area contributed by atoms with Crippen LogP contribution in [0.1, 0.15) is 58.8 Å². The number of ether oxygens (including phenoxy) is 2. The molecule has 11 nitrogen and oxygen atoms in total. The molecule has 0 spiro atoms. The summed E-state index contributed by atoms with van der Waals surface area (Å²) in [7, 11) is 3.97. The van der Waals surface area contributed by atoms with Crippen molar-refractivity contribution in [2.75, 3.05) is 27.4 Å². The van der Waals surface area contributed by atoms with Crippen molar-refractivity contribution in [1.29, 1.82) is 0 Å².